The van der Waals surface area contributed by atoms with E-state index in [9.17, 15) is 4.79 Å². The van der Waals surface area contributed by atoms with Crippen molar-refractivity contribution in [2.45, 2.75) is 13.8 Å². The first-order valence-electron chi connectivity index (χ1n) is 6.68. The van der Waals surface area contributed by atoms with Gasteiger partial charge >= 0.3 is 0 Å². The number of hydrogen-bond acceptors (Lipinski definition) is 3. The highest BCUT2D eigenvalue weighted by molar-refractivity contribution is 9.10. The van der Waals surface area contributed by atoms with Gasteiger partial charge < -0.3 is 9.47 Å². The van der Waals surface area contributed by atoms with Crippen LogP contribution >= 0.6 is 15.9 Å². The van der Waals surface area contributed by atoms with Crippen molar-refractivity contribution in [3.63, 3.8) is 0 Å². The molecule has 0 saturated carbocycles. The Balaban J connectivity index is 1.87. The van der Waals surface area contributed by atoms with Crippen LogP contribution in [0.5, 0.6) is 11.5 Å². The standard InChI is InChI=1S/C17H17BrO3/c1-12-3-5-16(9-13(12)2)20-7-8-21-17-6-4-15(18)10-14(17)11-19/h3-6,9-11H,7-8H2,1-2H3. The molecule has 110 valence electrons. The summed E-state index contributed by atoms with van der Waals surface area (Å²) in [5, 5.41) is 0. The van der Waals surface area contributed by atoms with Crippen molar-refractivity contribution in [3.05, 3.63) is 57.6 Å². The number of carbonyl (C=O) groups is 1. The van der Waals surface area contributed by atoms with Crippen LogP contribution in [-0.2, 0) is 0 Å². The van der Waals surface area contributed by atoms with Crippen LogP contribution < -0.4 is 9.47 Å². The molecule has 3 nitrogen and oxygen atoms in total. The molecule has 0 saturated heterocycles. The van der Waals surface area contributed by atoms with Gasteiger partial charge in [0.15, 0.2) is 6.29 Å². The molecular weight excluding hydrogens is 332 g/mol. The fourth-order valence-electron chi connectivity index (χ4n) is 1.86. The Morgan fingerprint density at radius 2 is 1.76 bits per heavy atom. The third-order valence-corrected chi connectivity index (χ3v) is 3.68. The van der Waals surface area contributed by atoms with E-state index >= 15 is 0 Å². The number of benzene rings is 2. The molecule has 0 bridgehead atoms. The minimum absolute atomic E-state index is 0.384. The quantitative estimate of drug-likeness (QED) is 0.575. The maximum atomic E-state index is 11.0. The number of rotatable bonds is 6. The average Bonchev–Trinajstić information content (AvgIpc) is 2.48. The van der Waals surface area contributed by atoms with Gasteiger partial charge in [-0.05, 0) is 55.3 Å². The van der Waals surface area contributed by atoms with Crippen LogP contribution in [0.15, 0.2) is 40.9 Å². The second-order valence-corrected chi connectivity index (χ2v) is 5.66. The highest BCUT2D eigenvalue weighted by Crippen LogP contribution is 2.22. The summed E-state index contributed by atoms with van der Waals surface area (Å²) in [5.41, 5.74) is 2.96. The van der Waals surface area contributed by atoms with Crippen LogP contribution in [0.1, 0.15) is 21.5 Å². The van der Waals surface area contributed by atoms with E-state index in [4.69, 9.17) is 9.47 Å². The fourth-order valence-corrected chi connectivity index (χ4v) is 2.24. The Labute approximate surface area is 133 Å². The summed E-state index contributed by atoms with van der Waals surface area (Å²) in [6.07, 6.45) is 0.782. The Morgan fingerprint density at radius 3 is 2.48 bits per heavy atom. The van der Waals surface area contributed by atoms with Crippen molar-refractivity contribution < 1.29 is 14.3 Å². The molecule has 4 heteroatoms. The molecule has 0 aliphatic heterocycles. The van der Waals surface area contributed by atoms with Crippen molar-refractivity contribution in [3.8, 4) is 11.5 Å². The van der Waals surface area contributed by atoms with Gasteiger partial charge in [0, 0.05) is 4.47 Å². The summed E-state index contributed by atoms with van der Waals surface area (Å²) in [7, 11) is 0. The van der Waals surface area contributed by atoms with Gasteiger partial charge in [0.2, 0.25) is 0 Å². The lowest BCUT2D eigenvalue weighted by Gasteiger charge is -2.11. The first kappa shape index (κ1) is 15.6. The Morgan fingerprint density at radius 1 is 1.00 bits per heavy atom. The Hall–Kier alpha value is -1.81. The zero-order valence-corrected chi connectivity index (χ0v) is 13.6. The second-order valence-electron chi connectivity index (χ2n) is 4.74. The molecule has 21 heavy (non-hydrogen) atoms. The summed E-state index contributed by atoms with van der Waals surface area (Å²) in [6.45, 7) is 4.93. The first-order valence-corrected chi connectivity index (χ1v) is 7.47. The summed E-state index contributed by atoms with van der Waals surface area (Å²) in [6, 6.07) is 11.3. The minimum Gasteiger partial charge on any atom is -0.490 e. The lowest BCUT2D eigenvalue weighted by Crippen LogP contribution is -2.10. The predicted octanol–water partition coefficient (Wildman–Crippen LogP) is 4.34. The molecule has 0 amide bonds. The molecule has 0 aliphatic carbocycles. The van der Waals surface area contributed by atoms with Gasteiger partial charge in [-0.2, -0.15) is 0 Å². The van der Waals surface area contributed by atoms with Crippen LogP contribution in [0.25, 0.3) is 0 Å². The van der Waals surface area contributed by atoms with E-state index in [1.54, 1.807) is 12.1 Å². The fraction of sp³-hybridized carbons (Fsp3) is 0.235. The topological polar surface area (TPSA) is 35.5 Å². The molecule has 0 N–H and O–H groups in total. The van der Waals surface area contributed by atoms with E-state index < -0.39 is 0 Å². The van der Waals surface area contributed by atoms with Crippen LogP contribution in [0.4, 0.5) is 0 Å². The molecule has 0 aromatic heterocycles. The number of aryl methyl sites for hydroxylation is 2. The molecule has 0 unspecified atom stereocenters. The lowest BCUT2D eigenvalue weighted by atomic mass is 10.1. The third kappa shape index (κ3) is 4.33. The Kier molecular flexibility index (Phi) is 5.39. The van der Waals surface area contributed by atoms with Crippen LogP contribution in [0, 0.1) is 13.8 Å². The van der Waals surface area contributed by atoms with Gasteiger partial charge in [0.1, 0.15) is 24.7 Å². The molecular formula is C17H17BrO3. The smallest absolute Gasteiger partial charge is 0.153 e. The van der Waals surface area contributed by atoms with E-state index in [0.29, 0.717) is 24.5 Å². The zero-order valence-electron chi connectivity index (χ0n) is 12.1. The van der Waals surface area contributed by atoms with Crippen molar-refractivity contribution in [1.82, 2.24) is 0 Å². The molecule has 0 radical (unpaired) electrons. The maximum Gasteiger partial charge on any atom is 0.153 e. The number of hydrogen-bond donors (Lipinski definition) is 0. The molecule has 0 spiro atoms. The molecule has 0 aliphatic rings. The van der Waals surface area contributed by atoms with Crippen molar-refractivity contribution in [2.24, 2.45) is 0 Å². The van der Waals surface area contributed by atoms with E-state index in [1.807, 2.05) is 24.3 Å². The number of aldehydes is 1. The SMILES string of the molecule is Cc1ccc(OCCOc2ccc(Br)cc2C=O)cc1C. The van der Waals surface area contributed by atoms with Gasteiger partial charge in [-0.1, -0.05) is 22.0 Å². The third-order valence-electron chi connectivity index (χ3n) is 3.19. The van der Waals surface area contributed by atoms with E-state index in [1.165, 1.54) is 11.1 Å². The molecule has 2 aromatic rings. The average molecular weight is 349 g/mol. The summed E-state index contributed by atoms with van der Waals surface area (Å²) >= 11 is 3.32. The van der Waals surface area contributed by atoms with Gasteiger partial charge in [-0.25, -0.2) is 0 Å². The van der Waals surface area contributed by atoms with E-state index in [0.717, 1.165) is 16.5 Å². The zero-order chi connectivity index (χ0) is 15.2. The normalized spacial score (nSPS) is 10.2. The van der Waals surface area contributed by atoms with Crippen molar-refractivity contribution >= 4 is 22.2 Å². The number of carbonyl (C=O) groups excluding carboxylic acids is 1. The highest BCUT2D eigenvalue weighted by atomic mass is 79.9. The van der Waals surface area contributed by atoms with Crippen molar-refractivity contribution in [1.29, 1.82) is 0 Å². The van der Waals surface area contributed by atoms with E-state index in [2.05, 4.69) is 29.8 Å². The first-order chi connectivity index (χ1) is 10.1. The van der Waals surface area contributed by atoms with Crippen molar-refractivity contribution in [2.75, 3.05) is 13.2 Å². The van der Waals surface area contributed by atoms with Gasteiger partial charge in [-0.15, -0.1) is 0 Å². The van der Waals surface area contributed by atoms with Gasteiger partial charge in [0.05, 0.1) is 5.56 Å². The lowest BCUT2D eigenvalue weighted by molar-refractivity contribution is 0.111. The predicted molar refractivity (Wildman–Crippen MR) is 86.4 cm³/mol. The highest BCUT2D eigenvalue weighted by Gasteiger charge is 2.04. The Bertz CT molecular complexity index is 638. The summed E-state index contributed by atoms with van der Waals surface area (Å²) < 4.78 is 12.1. The molecule has 2 aromatic carbocycles. The van der Waals surface area contributed by atoms with Crippen LogP contribution in [0.2, 0.25) is 0 Å². The monoisotopic (exact) mass is 348 g/mol. The molecule has 0 fully saturated rings. The summed E-state index contributed by atoms with van der Waals surface area (Å²) in [4.78, 5) is 11.0. The van der Waals surface area contributed by atoms with Gasteiger partial charge in [0.25, 0.3) is 0 Å². The molecule has 2 rings (SSSR count). The molecule has 0 atom stereocenters. The van der Waals surface area contributed by atoms with Gasteiger partial charge in [-0.3, -0.25) is 4.79 Å². The minimum atomic E-state index is 0.384. The van der Waals surface area contributed by atoms with Crippen LogP contribution in [-0.4, -0.2) is 19.5 Å². The number of ether oxygens (including phenoxy) is 2. The largest absolute Gasteiger partial charge is 0.490 e. The molecule has 0 heterocycles. The summed E-state index contributed by atoms with van der Waals surface area (Å²) in [5.74, 6) is 1.39. The maximum absolute atomic E-state index is 11.0. The number of halogens is 1. The van der Waals surface area contributed by atoms with Crippen LogP contribution in [0.3, 0.4) is 0 Å². The second kappa shape index (κ2) is 7.27. The van der Waals surface area contributed by atoms with E-state index in [-0.39, 0.29) is 0 Å².